The molecule has 0 aliphatic heterocycles. The molecule has 0 atom stereocenters. The van der Waals surface area contributed by atoms with E-state index in [9.17, 15) is 35.5 Å². The Morgan fingerprint density at radius 2 is 1.45 bits per heavy atom. The number of benzene rings is 3. The lowest BCUT2D eigenvalue weighted by Crippen LogP contribution is -2.14. The van der Waals surface area contributed by atoms with Gasteiger partial charge in [-0.05, 0) is 79.0 Å². The maximum atomic E-state index is 14.8. The van der Waals surface area contributed by atoms with Crippen molar-refractivity contribution in [2.75, 3.05) is 0 Å². The second-order valence-corrected chi connectivity index (χ2v) is 10.0. The number of carbonyl (C=O) groups is 1. The number of hydrogen-bond donors (Lipinski definition) is 0. The van der Waals surface area contributed by atoms with E-state index in [0.717, 1.165) is 24.3 Å². The summed E-state index contributed by atoms with van der Waals surface area (Å²) < 4.78 is 100. The van der Waals surface area contributed by atoms with Crippen LogP contribution in [-0.2, 0) is 0 Å². The summed E-state index contributed by atoms with van der Waals surface area (Å²) in [5.41, 5.74) is -1.12. The highest BCUT2D eigenvalue weighted by atomic mass is 19.4. The molecule has 0 bridgehead atoms. The van der Waals surface area contributed by atoms with E-state index in [0.29, 0.717) is 30.2 Å². The van der Waals surface area contributed by atoms with Crippen LogP contribution in [0, 0.1) is 29.2 Å². The molecule has 0 radical (unpaired) electrons. The van der Waals surface area contributed by atoms with Gasteiger partial charge in [-0.3, -0.25) is 0 Å². The third-order valence-corrected chi connectivity index (χ3v) is 7.19. The van der Waals surface area contributed by atoms with E-state index in [-0.39, 0.29) is 17.7 Å². The molecular formula is C31H27F7O2. The van der Waals surface area contributed by atoms with Crippen molar-refractivity contribution in [1.82, 2.24) is 0 Å². The SMILES string of the molecule is CCCC1CCC(c2ccc(C(=O)Oc3cc(F)c(-c4cc(F)c(/C=C/C(F)(F)F)c(F)c4)c(F)c3)cc2)CC1. The van der Waals surface area contributed by atoms with Crippen LogP contribution in [-0.4, -0.2) is 12.1 Å². The predicted molar refractivity (Wildman–Crippen MR) is 138 cm³/mol. The average molecular weight is 565 g/mol. The maximum absolute atomic E-state index is 14.8. The third-order valence-electron chi connectivity index (χ3n) is 7.19. The Morgan fingerprint density at radius 1 is 0.875 bits per heavy atom. The molecule has 40 heavy (non-hydrogen) atoms. The summed E-state index contributed by atoms with van der Waals surface area (Å²) in [4.78, 5) is 12.6. The molecule has 212 valence electrons. The highest BCUT2D eigenvalue weighted by molar-refractivity contribution is 5.91. The van der Waals surface area contributed by atoms with E-state index in [2.05, 4.69) is 6.92 Å². The van der Waals surface area contributed by atoms with Crippen molar-refractivity contribution < 1.29 is 40.3 Å². The van der Waals surface area contributed by atoms with Gasteiger partial charge in [0.1, 0.15) is 29.0 Å². The Bertz CT molecular complexity index is 1340. The van der Waals surface area contributed by atoms with Crippen molar-refractivity contribution in [3.8, 4) is 16.9 Å². The lowest BCUT2D eigenvalue weighted by Gasteiger charge is -2.28. The second-order valence-electron chi connectivity index (χ2n) is 10.0. The van der Waals surface area contributed by atoms with Gasteiger partial charge in [0, 0.05) is 23.8 Å². The first-order valence-corrected chi connectivity index (χ1v) is 13.0. The highest BCUT2D eigenvalue weighted by Crippen LogP contribution is 2.38. The Labute approximate surface area is 227 Å². The molecule has 3 aromatic rings. The normalized spacial score (nSPS) is 17.8. The average Bonchev–Trinajstić information content (AvgIpc) is 2.88. The van der Waals surface area contributed by atoms with Crippen molar-refractivity contribution in [2.24, 2.45) is 5.92 Å². The smallest absolute Gasteiger partial charge is 0.409 e. The molecule has 1 saturated carbocycles. The number of esters is 1. The number of rotatable bonds is 7. The van der Waals surface area contributed by atoms with Gasteiger partial charge in [-0.25, -0.2) is 22.4 Å². The van der Waals surface area contributed by atoms with Crippen LogP contribution >= 0.6 is 0 Å². The van der Waals surface area contributed by atoms with Crippen LogP contribution in [0.1, 0.15) is 72.9 Å². The van der Waals surface area contributed by atoms with Crippen molar-refractivity contribution in [1.29, 1.82) is 0 Å². The van der Waals surface area contributed by atoms with Crippen LogP contribution in [0.25, 0.3) is 17.2 Å². The number of halogens is 7. The van der Waals surface area contributed by atoms with Gasteiger partial charge in [0.15, 0.2) is 0 Å². The summed E-state index contributed by atoms with van der Waals surface area (Å²) in [6, 6.07) is 9.30. The summed E-state index contributed by atoms with van der Waals surface area (Å²) in [5.74, 6) is -5.58. The summed E-state index contributed by atoms with van der Waals surface area (Å²) in [7, 11) is 0. The van der Waals surface area contributed by atoms with Gasteiger partial charge in [0.25, 0.3) is 0 Å². The highest BCUT2D eigenvalue weighted by Gasteiger charge is 2.25. The molecule has 0 saturated heterocycles. The fraction of sp³-hybridized carbons (Fsp3) is 0.323. The Hall–Kier alpha value is -3.62. The number of carbonyl (C=O) groups excluding carboxylic acids is 1. The molecule has 1 aliphatic carbocycles. The topological polar surface area (TPSA) is 26.3 Å². The molecule has 3 aromatic carbocycles. The third kappa shape index (κ3) is 7.11. The van der Waals surface area contributed by atoms with Gasteiger partial charge in [0.2, 0.25) is 0 Å². The zero-order valence-electron chi connectivity index (χ0n) is 21.6. The van der Waals surface area contributed by atoms with Crippen molar-refractivity contribution in [3.63, 3.8) is 0 Å². The minimum Gasteiger partial charge on any atom is -0.423 e. The lowest BCUT2D eigenvalue weighted by atomic mass is 9.77. The standard InChI is InChI=1S/C31H27F7O2/c1-2-3-18-4-6-19(7-5-18)20-8-10-21(11-9-20)30(39)40-23-16-27(34)29(28(35)17-23)22-14-25(32)24(26(33)15-22)12-13-31(36,37)38/h8-19H,2-7H2,1H3/b13-12+. The largest absolute Gasteiger partial charge is 0.423 e. The number of ether oxygens (including phenoxy) is 1. The van der Waals surface area contributed by atoms with Crippen molar-refractivity contribution >= 4 is 12.0 Å². The molecule has 1 fully saturated rings. The summed E-state index contributed by atoms with van der Waals surface area (Å²) in [6.07, 6.45) is 1.96. The van der Waals surface area contributed by atoms with Gasteiger partial charge in [-0.2, -0.15) is 13.2 Å². The molecule has 0 aromatic heterocycles. The molecule has 0 amide bonds. The first kappa shape index (κ1) is 29.4. The first-order chi connectivity index (χ1) is 18.9. The predicted octanol–water partition coefficient (Wildman–Crippen LogP) is 9.78. The molecular weight excluding hydrogens is 537 g/mol. The Kier molecular flexibility index (Phi) is 9.01. The molecule has 2 nitrogen and oxygen atoms in total. The van der Waals surface area contributed by atoms with E-state index >= 15 is 0 Å². The van der Waals surface area contributed by atoms with Crippen LogP contribution in [0.2, 0.25) is 0 Å². The van der Waals surface area contributed by atoms with E-state index in [1.807, 2.05) is 12.1 Å². The molecule has 1 aliphatic rings. The Morgan fingerprint density at radius 3 is 1.98 bits per heavy atom. The molecule has 0 heterocycles. The fourth-order valence-corrected chi connectivity index (χ4v) is 5.20. The summed E-state index contributed by atoms with van der Waals surface area (Å²) in [5, 5.41) is 0. The second kappa shape index (κ2) is 12.3. The summed E-state index contributed by atoms with van der Waals surface area (Å²) in [6.45, 7) is 2.19. The van der Waals surface area contributed by atoms with Crippen LogP contribution in [0.15, 0.2) is 54.6 Å². The van der Waals surface area contributed by atoms with Crippen LogP contribution in [0.3, 0.4) is 0 Å². The lowest BCUT2D eigenvalue weighted by molar-refractivity contribution is -0.0790. The van der Waals surface area contributed by atoms with Crippen LogP contribution in [0.4, 0.5) is 30.7 Å². The van der Waals surface area contributed by atoms with E-state index in [1.165, 1.54) is 25.7 Å². The van der Waals surface area contributed by atoms with Crippen molar-refractivity contribution in [2.45, 2.75) is 57.5 Å². The van der Waals surface area contributed by atoms with E-state index in [4.69, 9.17) is 4.74 Å². The monoisotopic (exact) mass is 564 g/mol. The van der Waals surface area contributed by atoms with Gasteiger partial charge in [-0.15, -0.1) is 0 Å². The van der Waals surface area contributed by atoms with E-state index < -0.39 is 57.9 Å². The van der Waals surface area contributed by atoms with Gasteiger partial charge >= 0.3 is 12.1 Å². The molecule has 0 unspecified atom stereocenters. The first-order valence-electron chi connectivity index (χ1n) is 13.0. The molecule has 0 N–H and O–H groups in total. The molecule has 0 spiro atoms. The van der Waals surface area contributed by atoms with Gasteiger partial charge in [0.05, 0.1) is 11.1 Å². The zero-order chi connectivity index (χ0) is 29.0. The number of hydrogen-bond acceptors (Lipinski definition) is 2. The van der Waals surface area contributed by atoms with Gasteiger partial charge in [-0.1, -0.05) is 31.9 Å². The fourth-order valence-electron chi connectivity index (χ4n) is 5.20. The summed E-state index contributed by atoms with van der Waals surface area (Å²) >= 11 is 0. The maximum Gasteiger partial charge on any atom is 0.409 e. The zero-order valence-corrected chi connectivity index (χ0v) is 21.6. The molecule has 4 rings (SSSR count). The van der Waals surface area contributed by atoms with Crippen LogP contribution < -0.4 is 4.74 Å². The quantitative estimate of drug-likeness (QED) is 0.162. The number of allylic oxidation sites excluding steroid dienone is 1. The van der Waals surface area contributed by atoms with Gasteiger partial charge < -0.3 is 4.74 Å². The van der Waals surface area contributed by atoms with Crippen LogP contribution in [0.5, 0.6) is 5.75 Å². The van der Waals surface area contributed by atoms with E-state index in [1.54, 1.807) is 12.1 Å². The minimum absolute atomic E-state index is 0.181. The van der Waals surface area contributed by atoms with Crippen molar-refractivity contribution in [3.05, 3.63) is 94.6 Å². The molecule has 9 heteroatoms. The number of alkyl halides is 3. The minimum atomic E-state index is -4.81. The Balaban J connectivity index is 1.47.